The van der Waals surface area contributed by atoms with Crippen LogP contribution in [0.1, 0.15) is 6.92 Å². The van der Waals surface area contributed by atoms with Gasteiger partial charge >= 0.3 is 0 Å². The van der Waals surface area contributed by atoms with E-state index in [0.717, 1.165) is 3.70 Å². The van der Waals surface area contributed by atoms with Crippen molar-refractivity contribution in [2.45, 2.75) is 13.0 Å². The molecule has 0 saturated carbocycles. The minimum atomic E-state index is -0.474. The van der Waals surface area contributed by atoms with Crippen molar-refractivity contribution in [2.75, 3.05) is 6.61 Å². The van der Waals surface area contributed by atoms with Crippen LogP contribution in [0.25, 0.3) is 0 Å². The van der Waals surface area contributed by atoms with Crippen LogP contribution < -0.4 is 4.74 Å². The number of aliphatic hydroxyl groups excluding tert-OH is 1. The first-order valence-electron chi connectivity index (χ1n) is 3.47. The van der Waals surface area contributed by atoms with Gasteiger partial charge in [0.05, 0.1) is 6.10 Å². The van der Waals surface area contributed by atoms with Gasteiger partial charge in [-0.15, -0.1) is 0 Å². The summed E-state index contributed by atoms with van der Waals surface area (Å²) in [4.78, 5) is 7.76. The number of hydrogen-bond acceptors (Lipinski definition) is 4. The van der Waals surface area contributed by atoms with Crippen LogP contribution in [0.5, 0.6) is 5.88 Å². The molecule has 1 atom stereocenters. The number of halogens is 1. The van der Waals surface area contributed by atoms with Crippen LogP contribution in [0.4, 0.5) is 0 Å². The highest BCUT2D eigenvalue weighted by atomic mass is 127. The lowest BCUT2D eigenvalue weighted by Crippen LogP contribution is -2.13. The molecule has 1 aromatic heterocycles. The van der Waals surface area contributed by atoms with E-state index in [4.69, 9.17) is 9.84 Å². The van der Waals surface area contributed by atoms with Gasteiger partial charge in [-0.2, -0.15) is 0 Å². The molecule has 1 aromatic rings. The first-order chi connectivity index (χ1) is 5.68. The van der Waals surface area contributed by atoms with Crippen LogP contribution >= 0.6 is 22.6 Å². The Morgan fingerprint density at radius 2 is 2.42 bits per heavy atom. The molecule has 0 spiro atoms. The lowest BCUT2D eigenvalue weighted by molar-refractivity contribution is 0.119. The lowest BCUT2D eigenvalue weighted by Gasteiger charge is -2.05. The normalized spacial score (nSPS) is 12.6. The molecular weight excluding hydrogens is 271 g/mol. The van der Waals surface area contributed by atoms with Crippen LogP contribution in [-0.2, 0) is 0 Å². The molecule has 0 bridgehead atoms. The fourth-order valence-corrected chi connectivity index (χ4v) is 0.993. The smallest absolute Gasteiger partial charge is 0.217 e. The number of ether oxygens (including phenoxy) is 1. The molecule has 5 heteroatoms. The van der Waals surface area contributed by atoms with Gasteiger partial charge in [0, 0.05) is 6.07 Å². The van der Waals surface area contributed by atoms with Gasteiger partial charge in [-0.3, -0.25) is 0 Å². The molecule has 1 heterocycles. The standard InChI is InChI=1S/C7H9IN2O2/c1-5(11)3-12-7-2-6(8)9-4-10-7/h2,4-5,11H,3H2,1H3. The average Bonchev–Trinajstić information content (AvgIpc) is 2.01. The fraction of sp³-hybridized carbons (Fsp3) is 0.429. The number of hydrogen-bond donors (Lipinski definition) is 1. The maximum atomic E-state index is 8.91. The number of aliphatic hydroxyl groups is 1. The van der Waals surface area contributed by atoms with E-state index < -0.39 is 6.10 Å². The van der Waals surface area contributed by atoms with Crippen LogP contribution in [0.3, 0.4) is 0 Å². The molecule has 0 aliphatic carbocycles. The highest BCUT2D eigenvalue weighted by Gasteiger charge is 1.99. The van der Waals surface area contributed by atoms with E-state index in [0.29, 0.717) is 5.88 Å². The van der Waals surface area contributed by atoms with Crippen molar-refractivity contribution in [1.29, 1.82) is 0 Å². The van der Waals surface area contributed by atoms with Gasteiger partial charge in [-0.05, 0) is 29.5 Å². The Hall–Kier alpha value is -0.430. The topological polar surface area (TPSA) is 55.2 Å². The maximum Gasteiger partial charge on any atom is 0.217 e. The Labute approximate surface area is 84.1 Å². The number of aromatic nitrogens is 2. The van der Waals surface area contributed by atoms with E-state index in [2.05, 4.69) is 32.6 Å². The Morgan fingerprint density at radius 1 is 1.67 bits per heavy atom. The minimum Gasteiger partial charge on any atom is -0.475 e. The van der Waals surface area contributed by atoms with E-state index in [-0.39, 0.29) is 6.61 Å². The summed E-state index contributed by atoms with van der Waals surface area (Å²) in [5.41, 5.74) is 0. The van der Waals surface area contributed by atoms with E-state index in [1.54, 1.807) is 13.0 Å². The monoisotopic (exact) mass is 280 g/mol. The quantitative estimate of drug-likeness (QED) is 0.658. The first-order valence-corrected chi connectivity index (χ1v) is 4.55. The zero-order chi connectivity index (χ0) is 8.97. The third-order valence-electron chi connectivity index (χ3n) is 1.08. The minimum absolute atomic E-state index is 0.257. The van der Waals surface area contributed by atoms with Gasteiger partial charge in [-0.25, -0.2) is 9.97 Å². The van der Waals surface area contributed by atoms with Crippen LogP contribution in [0, 0.1) is 3.70 Å². The second-order valence-electron chi connectivity index (χ2n) is 2.34. The Balaban J connectivity index is 2.52. The second-order valence-corrected chi connectivity index (χ2v) is 3.44. The van der Waals surface area contributed by atoms with Crippen molar-refractivity contribution in [3.05, 3.63) is 16.1 Å². The molecule has 1 unspecified atom stereocenters. The highest BCUT2D eigenvalue weighted by Crippen LogP contribution is 2.08. The van der Waals surface area contributed by atoms with E-state index in [1.165, 1.54) is 6.33 Å². The third kappa shape index (κ3) is 3.31. The van der Waals surface area contributed by atoms with E-state index >= 15 is 0 Å². The van der Waals surface area contributed by atoms with Gasteiger partial charge < -0.3 is 9.84 Å². The average molecular weight is 280 g/mol. The van der Waals surface area contributed by atoms with Gasteiger partial charge in [0.2, 0.25) is 5.88 Å². The molecule has 0 amide bonds. The number of nitrogens with zero attached hydrogens (tertiary/aromatic N) is 2. The third-order valence-corrected chi connectivity index (χ3v) is 1.67. The van der Waals surface area contributed by atoms with Crippen molar-refractivity contribution in [3.8, 4) is 5.88 Å². The molecule has 0 saturated heterocycles. The van der Waals surface area contributed by atoms with Crippen molar-refractivity contribution in [3.63, 3.8) is 0 Å². The van der Waals surface area contributed by atoms with Crippen LogP contribution in [-0.4, -0.2) is 27.8 Å². The summed E-state index contributed by atoms with van der Waals surface area (Å²) in [6.45, 7) is 1.92. The first kappa shape index (κ1) is 9.66. The molecule has 66 valence electrons. The molecule has 4 nitrogen and oxygen atoms in total. The molecule has 1 N–H and O–H groups in total. The Bertz CT molecular complexity index is 255. The summed E-state index contributed by atoms with van der Waals surface area (Å²) in [5, 5.41) is 8.91. The molecule has 0 aliphatic rings. The fourth-order valence-electron chi connectivity index (χ4n) is 0.602. The summed E-state index contributed by atoms with van der Waals surface area (Å²) < 4.78 is 5.96. The summed E-state index contributed by atoms with van der Waals surface area (Å²) in [6, 6.07) is 1.71. The van der Waals surface area contributed by atoms with Gasteiger partial charge in [0.1, 0.15) is 16.6 Å². The Morgan fingerprint density at radius 3 is 3.00 bits per heavy atom. The zero-order valence-corrected chi connectivity index (χ0v) is 8.72. The SMILES string of the molecule is CC(O)COc1cc(I)ncn1. The predicted octanol–water partition coefficient (Wildman–Crippen LogP) is 0.841. The molecule has 0 fully saturated rings. The predicted molar refractivity (Wildman–Crippen MR) is 51.9 cm³/mol. The molecular formula is C7H9IN2O2. The van der Waals surface area contributed by atoms with Crippen molar-refractivity contribution < 1.29 is 9.84 Å². The highest BCUT2D eigenvalue weighted by molar-refractivity contribution is 14.1. The van der Waals surface area contributed by atoms with E-state index in [1.807, 2.05) is 0 Å². The van der Waals surface area contributed by atoms with Crippen molar-refractivity contribution >= 4 is 22.6 Å². The molecule has 0 aliphatic heterocycles. The number of rotatable bonds is 3. The molecule has 0 radical (unpaired) electrons. The van der Waals surface area contributed by atoms with Crippen molar-refractivity contribution in [1.82, 2.24) is 9.97 Å². The summed E-state index contributed by atoms with van der Waals surface area (Å²) >= 11 is 2.07. The summed E-state index contributed by atoms with van der Waals surface area (Å²) in [5.74, 6) is 0.496. The zero-order valence-electron chi connectivity index (χ0n) is 6.57. The molecule has 0 aromatic carbocycles. The van der Waals surface area contributed by atoms with E-state index in [9.17, 15) is 0 Å². The largest absolute Gasteiger partial charge is 0.475 e. The maximum absolute atomic E-state index is 8.91. The summed E-state index contributed by atoms with van der Waals surface area (Å²) in [7, 11) is 0. The van der Waals surface area contributed by atoms with Crippen LogP contribution in [0.2, 0.25) is 0 Å². The summed E-state index contributed by atoms with van der Waals surface area (Å²) in [6.07, 6.45) is 0.955. The van der Waals surface area contributed by atoms with Gasteiger partial charge in [0.15, 0.2) is 0 Å². The van der Waals surface area contributed by atoms with Crippen molar-refractivity contribution in [2.24, 2.45) is 0 Å². The van der Waals surface area contributed by atoms with Crippen LogP contribution in [0.15, 0.2) is 12.4 Å². The second kappa shape index (κ2) is 4.56. The molecule has 12 heavy (non-hydrogen) atoms. The van der Waals surface area contributed by atoms with Gasteiger partial charge in [-0.1, -0.05) is 0 Å². The van der Waals surface area contributed by atoms with Gasteiger partial charge in [0.25, 0.3) is 0 Å². The lowest BCUT2D eigenvalue weighted by atomic mass is 10.4. The molecule has 1 rings (SSSR count). The Kier molecular flexibility index (Phi) is 3.67.